The van der Waals surface area contributed by atoms with E-state index in [1.165, 1.54) is 33.6 Å². The van der Waals surface area contributed by atoms with E-state index in [-0.39, 0.29) is 11.3 Å². The van der Waals surface area contributed by atoms with Gasteiger partial charge in [0.05, 0.1) is 21.3 Å². The number of carbonyl (C=O) groups excluding carboxylic acids is 2. The third-order valence-electron chi connectivity index (χ3n) is 4.84. The number of hydrogen-bond donors (Lipinski definition) is 1. The number of thiophene rings is 1. The largest absolute Gasteiger partial charge is 0.503 e. The monoisotopic (exact) mass is 456 g/mol. The fourth-order valence-electron chi connectivity index (χ4n) is 3.48. The minimum absolute atomic E-state index is 0.0295. The molecule has 1 atom stereocenters. The summed E-state index contributed by atoms with van der Waals surface area (Å²) in [7, 11) is 0. The number of ketones is 1. The van der Waals surface area contributed by atoms with Crippen molar-refractivity contribution in [2.24, 2.45) is 0 Å². The van der Waals surface area contributed by atoms with Crippen LogP contribution in [-0.4, -0.2) is 21.8 Å². The van der Waals surface area contributed by atoms with Crippen LogP contribution in [0.4, 0.5) is 5.13 Å². The standard InChI is InChI=1S/C21H13ClN2O4S2/c1-10-5-6-13(28-10)18(25)15-17(11-7-8-29-9-11)24(20(27)19(15)26)21-23-16-12(22)3-2-4-14(16)30-21/h2-9,17,26H,1H3/t17-/m0/s1. The second kappa shape index (κ2) is 7.09. The summed E-state index contributed by atoms with van der Waals surface area (Å²) in [6.07, 6.45) is 0. The van der Waals surface area contributed by atoms with Gasteiger partial charge in [0.15, 0.2) is 16.7 Å². The van der Waals surface area contributed by atoms with Crippen LogP contribution in [0.1, 0.15) is 27.9 Å². The minimum Gasteiger partial charge on any atom is -0.503 e. The average Bonchev–Trinajstić information content (AvgIpc) is 3.49. The number of Topliss-reactive ketones (excluding diaryl/α,β-unsaturated/α-hetero) is 1. The summed E-state index contributed by atoms with van der Waals surface area (Å²) in [5.74, 6) is -1.20. The number of aromatic nitrogens is 1. The van der Waals surface area contributed by atoms with Gasteiger partial charge in [0.25, 0.3) is 5.91 Å². The van der Waals surface area contributed by atoms with Gasteiger partial charge in [0, 0.05) is 0 Å². The third kappa shape index (κ3) is 2.87. The minimum atomic E-state index is -0.819. The lowest BCUT2D eigenvalue weighted by molar-refractivity contribution is -0.117. The highest BCUT2D eigenvalue weighted by Crippen LogP contribution is 2.45. The van der Waals surface area contributed by atoms with Gasteiger partial charge in [-0.15, -0.1) is 0 Å². The number of fused-ring (bicyclic) bond motifs is 1. The molecule has 0 saturated heterocycles. The van der Waals surface area contributed by atoms with Crippen molar-refractivity contribution in [1.29, 1.82) is 0 Å². The zero-order valence-corrected chi connectivity index (χ0v) is 17.8. The smallest absolute Gasteiger partial charge is 0.296 e. The highest BCUT2D eigenvalue weighted by molar-refractivity contribution is 7.22. The molecule has 6 nitrogen and oxygen atoms in total. The molecular weight excluding hydrogens is 444 g/mol. The first-order chi connectivity index (χ1) is 14.5. The van der Waals surface area contributed by atoms with Crippen LogP contribution in [0.3, 0.4) is 0 Å². The van der Waals surface area contributed by atoms with E-state index >= 15 is 0 Å². The van der Waals surface area contributed by atoms with Crippen molar-refractivity contribution in [3.05, 3.63) is 80.6 Å². The molecule has 150 valence electrons. The number of halogens is 1. The molecule has 0 saturated carbocycles. The lowest BCUT2D eigenvalue weighted by Gasteiger charge is -2.23. The second-order valence-electron chi connectivity index (χ2n) is 6.72. The molecule has 4 heterocycles. The number of thiazole rings is 1. The zero-order valence-electron chi connectivity index (χ0n) is 15.5. The molecule has 9 heteroatoms. The van der Waals surface area contributed by atoms with Crippen LogP contribution in [0.15, 0.2) is 62.9 Å². The molecule has 0 radical (unpaired) electrons. The van der Waals surface area contributed by atoms with Crippen molar-refractivity contribution in [3.8, 4) is 0 Å². The fourth-order valence-corrected chi connectivity index (χ4v) is 5.45. The third-order valence-corrected chi connectivity index (χ3v) is 6.87. The molecule has 3 aromatic heterocycles. The molecule has 30 heavy (non-hydrogen) atoms. The number of carbonyl (C=O) groups is 2. The number of aliphatic hydroxyl groups excluding tert-OH is 1. The molecule has 1 aliphatic heterocycles. The van der Waals surface area contributed by atoms with E-state index in [1.807, 2.05) is 22.9 Å². The number of aryl methyl sites for hydroxylation is 1. The van der Waals surface area contributed by atoms with Crippen molar-refractivity contribution in [1.82, 2.24) is 4.98 Å². The number of anilines is 1. The maximum atomic E-state index is 13.2. The summed E-state index contributed by atoms with van der Waals surface area (Å²) in [5.41, 5.74) is 1.24. The predicted octanol–water partition coefficient (Wildman–Crippen LogP) is 5.70. The maximum Gasteiger partial charge on any atom is 0.296 e. The first-order valence-corrected chi connectivity index (χ1v) is 11.0. The molecule has 1 aromatic carbocycles. The molecule has 0 unspecified atom stereocenters. The van der Waals surface area contributed by atoms with Gasteiger partial charge in [-0.1, -0.05) is 29.0 Å². The number of nitrogens with zero attached hydrogens (tertiary/aromatic N) is 2. The molecule has 1 N–H and O–H groups in total. The van der Waals surface area contributed by atoms with Gasteiger partial charge in [-0.3, -0.25) is 14.5 Å². The molecule has 5 rings (SSSR count). The topological polar surface area (TPSA) is 83.6 Å². The van der Waals surface area contributed by atoms with Gasteiger partial charge in [-0.25, -0.2) is 4.98 Å². The number of aliphatic hydroxyl groups is 1. The fraction of sp³-hybridized carbons (Fsp3) is 0.0952. The van der Waals surface area contributed by atoms with Gasteiger partial charge in [0.1, 0.15) is 11.3 Å². The molecule has 0 fully saturated rings. The van der Waals surface area contributed by atoms with Crippen LogP contribution in [0, 0.1) is 6.92 Å². The zero-order chi connectivity index (χ0) is 21.0. The Balaban J connectivity index is 1.67. The molecule has 1 amide bonds. The summed E-state index contributed by atoms with van der Waals surface area (Å²) in [6, 6.07) is 9.57. The molecule has 0 spiro atoms. The second-order valence-corrected chi connectivity index (χ2v) is 8.92. The van der Waals surface area contributed by atoms with Gasteiger partial charge in [0.2, 0.25) is 5.78 Å². The number of amides is 1. The van der Waals surface area contributed by atoms with Crippen molar-refractivity contribution < 1.29 is 19.1 Å². The summed E-state index contributed by atoms with van der Waals surface area (Å²) in [5, 5.41) is 15.2. The molecule has 0 bridgehead atoms. The molecular formula is C21H13ClN2O4S2. The summed E-state index contributed by atoms with van der Waals surface area (Å²) < 4.78 is 6.26. The SMILES string of the molecule is Cc1ccc(C(=O)C2=C(O)C(=O)N(c3nc4c(Cl)cccc4s3)[C@H]2c2ccsc2)o1. The Morgan fingerprint density at radius 2 is 2.10 bits per heavy atom. The van der Waals surface area contributed by atoms with Gasteiger partial charge in [-0.2, -0.15) is 11.3 Å². The first-order valence-electron chi connectivity index (χ1n) is 8.90. The predicted molar refractivity (Wildman–Crippen MR) is 117 cm³/mol. The number of hydrogen-bond acceptors (Lipinski definition) is 7. The molecule has 4 aromatic rings. The Bertz CT molecular complexity index is 1340. The number of rotatable bonds is 4. The Labute approximate surface area is 183 Å². The lowest BCUT2D eigenvalue weighted by atomic mass is 9.97. The molecule has 1 aliphatic rings. The molecule has 0 aliphatic carbocycles. The summed E-state index contributed by atoms with van der Waals surface area (Å²) >= 11 is 8.96. The average molecular weight is 457 g/mol. The van der Waals surface area contributed by atoms with Gasteiger partial charge < -0.3 is 9.52 Å². The summed E-state index contributed by atoms with van der Waals surface area (Å²) in [6.45, 7) is 1.72. The van der Waals surface area contributed by atoms with Crippen LogP contribution in [-0.2, 0) is 4.79 Å². The van der Waals surface area contributed by atoms with E-state index in [0.717, 1.165) is 4.70 Å². The van der Waals surface area contributed by atoms with E-state index in [1.54, 1.807) is 25.1 Å². The Morgan fingerprint density at radius 1 is 1.27 bits per heavy atom. The van der Waals surface area contributed by atoms with Crippen molar-refractivity contribution in [2.45, 2.75) is 13.0 Å². The van der Waals surface area contributed by atoms with Crippen molar-refractivity contribution >= 4 is 61.3 Å². The number of para-hydroxylation sites is 1. The number of furan rings is 1. The lowest BCUT2D eigenvalue weighted by Crippen LogP contribution is -2.30. The maximum absolute atomic E-state index is 13.2. The van der Waals surface area contributed by atoms with E-state index in [2.05, 4.69) is 4.98 Å². The summed E-state index contributed by atoms with van der Waals surface area (Å²) in [4.78, 5) is 32.2. The van der Waals surface area contributed by atoms with Crippen LogP contribution >= 0.6 is 34.3 Å². The number of benzene rings is 1. The highest BCUT2D eigenvalue weighted by Gasteiger charge is 2.46. The van der Waals surface area contributed by atoms with E-state index < -0.39 is 23.5 Å². The van der Waals surface area contributed by atoms with Gasteiger partial charge >= 0.3 is 0 Å². The Morgan fingerprint density at radius 3 is 2.77 bits per heavy atom. The Kier molecular flexibility index (Phi) is 4.50. The normalized spacial score (nSPS) is 16.8. The van der Waals surface area contributed by atoms with Crippen molar-refractivity contribution in [3.63, 3.8) is 0 Å². The van der Waals surface area contributed by atoms with Crippen LogP contribution in [0.2, 0.25) is 5.02 Å². The first kappa shape index (κ1) is 19.0. The highest BCUT2D eigenvalue weighted by atomic mass is 35.5. The van der Waals surface area contributed by atoms with Crippen LogP contribution in [0.5, 0.6) is 0 Å². The van der Waals surface area contributed by atoms with Crippen LogP contribution < -0.4 is 4.90 Å². The van der Waals surface area contributed by atoms with Crippen molar-refractivity contribution in [2.75, 3.05) is 4.90 Å². The van der Waals surface area contributed by atoms with E-state index in [0.29, 0.717) is 27.0 Å². The van der Waals surface area contributed by atoms with E-state index in [4.69, 9.17) is 16.0 Å². The Hall–Kier alpha value is -2.94. The van der Waals surface area contributed by atoms with Crippen LogP contribution in [0.25, 0.3) is 10.2 Å². The van der Waals surface area contributed by atoms with Gasteiger partial charge in [-0.05, 0) is 53.6 Å². The quantitative estimate of drug-likeness (QED) is 0.398. The van der Waals surface area contributed by atoms with E-state index in [9.17, 15) is 14.7 Å².